The molecule has 0 spiro atoms. The quantitative estimate of drug-likeness (QED) is 0.679. The van der Waals surface area contributed by atoms with E-state index in [1.54, 1.807) is 6.20 Å². The lowest BCUT2D eigenvalue weighted by molar-refractivity contribution is -0.137. The van der Waals surface area contributed by atoms with Gasteiger partial charge in [0.2, 0.25) is 0 Å². The molecule has 3 rings (SSSR count). The monoisotopic (exact) mass is 337 g/mol. The molecule has 1 N–H and O–H groups in total. The van der Waals surface area contributed by atoms with Crippen molar-refractivity contribution in [2.24, 2.45) is 0 Å². The number of imidazole rings is 1. The van der Waals surface area contributed by atoms with Crippen LogP contribution in [-0.4, -0.2) is 20.7 Å². The number of benzene rings is 1. The number of halogens is 3. The zero-order chi connectivity index (χ0) is 16.6. The number of aromatic nitrogens is 3. The Morgan fingerprint density at radius 3 is 2.70 bits per heavy atom. The van der Waals surface area contributed by atoms with Gasteiger partial charge >= 0.3 is 6.18 Å². The van der Waals surface area contributed by atoms with Gasteiger partial charge in [-0.2, -0.15) is 13.2 Å². The van der Waals surface area contributed by atoms with Gasteiger partial charge < -0.3 is 4.98 Å². The molecule has 23 heavy (non-hydrogen) atoms. The van der Waals surface area contributed by atoms with Crippen molar-refractivity contribution in [1.29, 1.82) is 0 Å². The second-order valence-corrected chi connectivity index (χ2v) is 6.41. The summed E-state index contributed by atoms with van der Waals surface area (Å²) in [5.74, 6) is 1.20. The number of aromatic amines is 1. The highest BCUT2D eigenvalue weighted by molar-refractivity contribution is 7.99. The van der Waals surface area contributed by atoms with Crippen molar-refractivity contribution < 1.29 is 13.2 Å². The highest BCUT2D eigenvalue weighted by Crippen LogP contribution is 2.37. The second-order valence-electron chi connectivity index (χ2n) is 5.11. The smallest absolute Gasteiger partial charge is 0.323 e. The van der Waals surface area contributed by atoms with Gasteiger partial charge in [0.1, 0.15) is 11.3 Å². The number of pyridine rings is 1. The minimum Gasteiger partial charge on any atom is -0.323 e. The van der Waals surface area contributed by atoms with Crippen LogP contribution in [0.4, 0.5) is 13.2 Å². The topological polar surface area (TPSA) is 41.6 Å². The molecule has 0 unspecified atom stereocenters. The van der Waals surface area contributed by atoms with E-state index in [-0.39, 0.29) is 0 Å². The summed E-state index contributed by atoms with van der Waals surface area (Å²) in [6.45, 7) is 3.82. The third-order valence-electron chi connectivity index (χ3n) is 3.34. The molecule has 0 saturated heterocycles. The second kappa shape index (κ2) is 5.88. The highest BCUT2D eigenvalue weighted by Gasteiger charge is 2.31. The maximum absolute atomic E-state index is 12.9. The first kappa shape index (κ1) is 15.9. The predicted octanol–water partition coefficient (Wildman–Crippen LogP) is 5.06. The number of nitrogens with one attached hydrogen (secondary N) is 1. The van der Waals surface area contributed by atoms with Crippen LogP contribution in [0.15, 0.2) is 35.4 Å². The molecule has 0 aliphatic rings. The molecule has 0 saturated carbocycles. The Labute approximate surface area is 135 Å². The van der Waals surface area contributed by atoms with E-state index in [1.807, 2.05) is 19.9 Å². The number of hydrogen-bond donors (Lipinski definition) is 1. The molecule has 2 aromatic heterocycles. The highest BCUT2D eigenvalue weighted by atomic mass is 32.2. The van der Waals surface area contributed by atoms with Crippen LogP contribution in [0, 0.1) is 6.92 Å². The first-order valence-electron chi connectivity index (χ1n) is 7.05. The summed E-state index contributed by atoms with van der Waals surface area (Å²) in [6, 6.07) is 5.61. The number of rotatable bonds is 3. The molecule has 0 fully saturated rings. The third kappa shape index (κ3) is 3.19. The van der Waals surface area contributed by atoms with Crippen molar-refractivity contribution in [3.05, 3.63) is 41.6 Å². The fraction of sp³-hybridized carbons (Fsp3) is 0.250. The SMILES string of the molecule is CCSc1cc(C(F)(F)F)ccc1-c1nc2cc(C)cnc2[nH]1. The molecule has 1 aromatic carbocycles. The van der Waals surface area contributed by atoms with Gasteiger partial charge in [-0.3, -0.25) is 0 Å². The minimum absolute atomic E-state index is 0.530. The van der Waals surface area contributed by atoms with E-state index in [0.29, 0.717) is 33.2 Å². The molecule has 120 valence electrons. The van der Waals surface area contributed by atoms with Crippen molar-refractivity contribution >= 4 is 22.9 Å². The van der Waals surface area contributed by atoms with Crippen molar-refractivity contribution in [3.8, 4) is 11.4 Å². The van der Waals surface area contributed by atoms with Gasteiger partial charge in [-0.25, -0.2) is 9.97 Å². The summed E-state index contributed by atoms with van der Waals surface area (Å²) in [5, 5.41) is 0. The number of H-pyrrole nitrogens is 1. The summed E-state index contributed by atoms with van der Waals surface area (Å²) in [5.41, 5.74) is 2.30. The fourth-order valence-electron chi connectivity index (χ4n) is 2.29. The van der Waals surface area contributed by atoms with Crippen molar-refractivity contribution in [1.82, 2.24) is 15.0 Å². The Bertz CT molecular complexity index is 855. The summed E-state index contributed by atoms with van der Waals surface area (Å²) in [4.78, 5) is 12.4. The Morgan fingerprint density at radius 2 is 2.00 bits per heavy atom. The lowest BCUT2D eigenvalue weighted by atomic mass is 10.1. The molecule has 0 aliphatic heterocycles. The van der Waals surface area contributed by atoms with E-state index in [0.717, 1.165) is 11.6 Å². The maximum atomic E-state index is 12.9. The lowest BCUT2D eigenvalue weighted by Crippen LogP contribution is -2.05. The molecular formula is C16H14F3N3S. The molecule has 3 nitrogen and oxygen atoms in total. The third-order valence-corrected chi connectivity index (χ3v) is 4.27. The van der Waals surface area contributed by atoms with E-state index in [2.05, 4.69) is 15.0 Å². The zero-order valence-corrected chi connectivity index (χ0v) is 13.3. The van der Waals surface area contributed by atoms with E-state index in [4.69, 9.17) is 0 Å². The van der Waals surface area contributed by atoms with E-state index < -0.39 is 11.7 Å². The molecule has 0 atom stereocenters. The molecule has 0 amide bonds. The van der Waals surface area contributed by atoms with Crippen LogP contribution in [0.2, 0.25) is 0 Å². The van der Waals surface area contributed by atoms with Gasteiger partial charge in [0, 0.05) is 16.7 Å². The van der Waals surface area contributed by atoms with Gasteiger partial charge in [-0.15, -0.1) is 11.8 Å². The lowest BCUT2D eigenvalue weighted by Gasteiger charge is -2.11. The van der Waals surface area contributed by atoms with Gasteiger partial charge in [-0.05, 0) is 42.5 Å². The average Bonchev–Trinajstić information content (AvgIpc) is 2.89. The normalized spacial score (nSPS) is 12.0. The first-order valence-corrected chi connectivity index (χ1v) is 8.04. The zero-order valence-electron chi connectivity index (χ0n) is 12.5. The largest absolute Gasteiger partial charge is 0.416 e. The Balaban J connectivity index is 2.12. The van der Waals surface area contributed by atoms with Crippen LogP contribution < -0.4 is 0 Å². The van der Waals surface area contributed by atoms with Crippen LogP contribution in [0.5, 0.6) is 0 Å². The Hall–Kier alpha value is -2.02. The number of alkyl halides is 3. The van der Waals surface area contributed by atoms with Gasteiger partial charge in [-0.1, -0.05) is 6.92 Å². The van der Waals surface area contributed by atoms with Crippen LogP contribution >= 0.6 is 11.8 Å². The number of aryl methyl sites for hydroxylation is 1. The van der Waals surface area contributed by atoms with E-state index in [1.165, 1.54) is 23.9 Å². The first-order chi connectivity index (χ1) is 10.9. The number of fused-ring (bicyclic) bond motifs is 1. The van der Waals surface area contributed by atoms with Crippen LogP contribution in [-0.2, 0) is 6.18 Å². The summed E-state index contributed by atoms with van der Waals surface area (Å²) in [7, 11) is 0. The fourth-order valence-corrected chi connectivity index (χ4v) is 3.13. The molecule has 2 heterocycles. The van der Waals surface area contributed by atoms with Crippen molar-refractivity contribution in [2.45, 2.75) is 24.9 Å². The Morgan fingerprint density at radius 1 is 1.22 bits per heavy atom. The van der Waals surface area contributed by atoms with Crippen LogP contribution in [0.25, 0.3) is 22.6 Å². The predicted molar refractivity (Wildman–Crippen MR) is 85.5 cm³/mol. The minimum atomic E-state index is -4.35. The van der Waals surface area contributed by atoms with E-state index in [9.17, 15) is 13.2 Å². The molecule has 3 aromatic rings. The maximum Gasteiger partial charge on any atom is 0.416 e. The molecular weight excluding hydrogens is 323 g/mol. The molecule has 0 aliphatic carbocycles. The number of nitrogens with zero attached hydrogens (tertiary/aromatic N) is 2. The number of hydrogen-bond acceptors (Lipinski definition) is 3. The van der Waals surface area contributed by atoms with Crippen molar-refractivity contribution in [3.63, 3.8) is 0 Å². The molecule has 7 heteroatoms. The van der Waals surface area contributed by atoms with Gasteiger partial charge in [0.15, 0.2) is 5.65 Å². The van der Waals surface area contributed by atoms with Crippen LogP contribution in [0.3, 0.4) is 0 Å². The molecule has 0 radical (unpaired) electrons. The Kier molecular flexibility index (Phi) is 4.06. The van der Waals surface area contributed by atoms with Crippen molar-refractivity contribution in [2.75, 3.05) is 5.75 Å². The summed E-state index contributed by atoms with van der Waals surface area (Å²) in [6.07, 6.45) is -2.63. The van der Waals surface area contributed by atoms with Gasteiger partial charge in [0.05, 0.1) is 5.56 Å². The summed E-state index contributed by atoms with van der Waals surface area (Å²) < 4.78 is 38.7. The summed E-state index contributed by atoms with van der Waals surface area (Å²) >= 11 is 1.36. The van der Waals surface area contributed by atoms with E-state index >= 15 is 0 Å². The molecule has 0 bridgehead atoms. The van der Waals surface area contributed by atoms with Crippen LogP contribution in [0.1, 0.15) is 18.1 Å². The average molecular weight is 337 g/mol. The number of thioether (sulfide) groups is 1. The standard InChI is InChI=1S/C16H14F3N3S/c1-3-23-13-7-10(16(17,18)19)4-5-11(13)14-21-12-6-9(2)8-20-15(12)22-14/h4-8H,3H2,1-2H3,(H,20,21,22). The van der Waals surface area contributed by atoms with Gasteiger partial charge in [0.25, 0.3) is 0 Å².